The molecule has 0 radical (unpaired) electrons. The Labute approximate surface area is 98.6 Å². The molecule has 1 heterocycles. The maximum Gasteiger partial charge on any atom is 0.250 e. The van der Waals surface area contributed by atoms with Gasteiger partial charge >= 0.3 is 0 Å². The zero-order valence-electron chi connectivity index (χ0n) is 9.49. The van der Waals surface area contributed by atoms with E-state index in [0.717, 1.165) is 0 Å². The van der Waals surface area contributed by atoms with Gasteiger partial charge in [0.15, 0.2) is 0 Å². The Balaban J connectivity index is 2.69. The number of hydrogen-bond acceptors (Lipinski definition) is 5. The average molecular weight is 237 g/mol. The molecule has 0 saturated carbocycles. The second-order valence-corrected chi connectivity index (χ2v) is 3.33. The molecule has 0 aliphatic heterocycles. The first-order valence-electron chi connectivity index (χ1n) is 5.10. The van der Waals surface area contributed by atoms with Crippen molar-refractivity contribution in [3.05, 3.63) is 17.8 Å². The number of nitrogens with two attached hydrogens (primary N) is 2. The Hall–Kier alpha value is -2.31. The number of carbonyl (C=O) groups excluding carboxylic acids is 2. The van der Waals surface area contributed by atoms with Gasteiger partial charge in [-0.2, -0.15) is 0 Å². The number of pyridine rings is 1. The maximum absolute atomic E-state index is 11.2. The number of aromatic nitrogens is 1. The van der Waals surface area contributed by atoms with Gasteiger partial charge in [-0.1, -0.05) is 0 Å². The number of carbonyl (C=O) groups is 2. The number of amides is 2. The molecule has 1 aromatic rings. The molecule has 0 fully saturated rings. The van der Waals surface area contributed by atoms with E-state index in [1.807, 2.05) is 6.92 Å². The second kappa shape index (κ2) is 5.69. The van der Waals surface area contributed by atoms with Crippen molar-refractivity contribution in [1.29, 1.82) is 0 Å². The summed E-state index contributed by atoms with van der Waals surface area (Å²) in [5, 5.41) is 5.38. The predicted octanol–water partition coefficient (Wildman–Crippen LogP) is -0.689. The van der Waals surface area contributed by atoms with E-state index >= 15 is 0 Å². The highest BCUT2D eigenvalue weighted by Crippen LogP contribution is 2.13. The van der Waals surface area contributed by atoms with Crippen molar-refractivity contribution < 1.29 is 9.59 Å². The summed E-state index contributed by atoms with van der Waals surface area (Å²) in [4.78, 5) is 26.1. The first-order chi connectivity index (χ1) is 8.04. The van der Waals surface area contributed by atoms with E-state index in [-0.39, 0.29) is 23.7 Å². The van der Waals surface area contributed by atoms with Gasteiger partial charge in [-0.3, -0.25) is 9.59 Å². The number of nitrogen functional groups attached to an aromatic ring is 1. The summed E-state index contributed by atoms with van der Waals surface area (Å²) in [5.74, 6) is -0.419. The van der Waals surface area contributed by atoms with Crippen molar-refractivity contribution in [2.24, 2.45) is 5.73 Å². The molecule has 7 heteroatoms. The smallest absolute Gasteiger partial charge is 0.250 e. The molecule has 0 bridgehead atoms. The van der Waals surface area contributed by atoms with Crippen LogP contribution >= 0.6 is 0 Å². The van der Waals surface area contributed by atoms with Crippen LogP contribution in [-0.2, 0) is 4.79 Å². The molecule has 0 aliphatic carbocycles. The monoisotopic (exact) mass is 237 g/mol. The number of primary amides is 1. The lowest BCUT2D eigenvalue weighted by molar-refractivity contribution is -0.119. The number of anilines is 2. The number of hydrogen-bond donors (Lipinski definition) is 4. The highest BCUT2D eigenvalue weighted by atomic mass is 16.2. The predicted molar refractivity (Wildman–Crippen MR) is 64.3 cm³/mol. The van der Waals surface area contributed by atoms with Crippen molar-refractivity contribution in [2.45, 2.75) is 6.92 Å². The van der Waals surface area contributed by atoms with Crippen LogP contribution in [0.1, 0.15) is 17.3 Å². The van der Waals surface area contributed by atoms with Crippen LogP contribution in [0.4, 0.5) is 11.5 Å². The fourth-order valence-corrected chi connectivity index (χ4v) is 1.21. The number of rotatable bonds is 5. The number of nitrogens with zero attached hydrogens (tertiary/aromatic N) is 1. The summed E-state index contributed by atoms with van der Waals surface area (Å²) < 4.78 is 0. The third kappa shape index (κ3) is 3.63. The molecule has 0 aromatic carbocycles. The van der Waals surface area contributed by atoms with Gasteiger partial charge in [-0.15, -0.1) is 0 Å². The summed E-state index contributed by atoms with van der Waals surface area (Å²) in [6.07, 6.45) is 1.32. The van der Waals surface area contributed by atoms with Crippen molar-refractivity contribution in [1.82, 2.24) is 10.3 Å². The van der Waals surface area contributed by atoms with E-state index in [9.17, 15) is 9.59 Å². The topological polar surface area (TPSA) is 123 Å². The minimum absolute atomic E-state index is 0.0724. The van der Waals surface area contributed by atoms with Crippen LogP contribution in [-0.4, -0.2) is 29.9 Å². The summed E-state index contributed by atoms with van der Waals surface area (Å²) >= 11 is 0. The molecule has 0 unspecified atom stereocenters. The van der Waals surface area contributed by atoms with E-state index in [0.29, 0.717) is 12.4 Å². The molecule has 1 aromatic heterocycles. The average Bonchev–Trinajstić information content (AvgIpc) is 2.28. The van der Waals surface area contributed by atoms with Gasteiger partial charge in [0.25, 0.3) is 5.91 Å². The fraction of sp³-hybridized carbons (Fsp3) is 0.300. The van der Waals surface area contributed by atoms with Crippen LogP contribution in [0.3, 0.4) is 0 Å². The number of nitrogens with one attached hydrogen (secondary N) is 2. The molecule has 7 nitrogen and oxygen atoms in total. The van der Waals surface area contributed by atoms with Gasteiger partial charge in [-0.25, -0.2) is 4.98 Å². The standard InChI is InChI=1S/C10H15N5O2/c1-2-13-9(16)5-15-8-3-6(10(12)17)7(11)4-14-8/h3-4H,2,5,11H2,1H3,(H2,12,17)(H,13,16)(H,14,15). The van der Waals surface area contributed by atoms with Gasteiger partial charge < -0.3 is 22.1 Å². The van der Waals surface area contributed by atoms with E-state index in [2.05, 4.69) is 15.6 Å². The minimum atomic E-state index is -0.633. The van der Waals surface area contributed by atoms with Crippen LogP contribution in [0.15, 0.2) is 12.3 Å². The van der Waals surface area contributed by atoms with Crippen LogP contribution < -0.4 is 22.1 Å². The molecule has 0 saturated heterocycles. The van der Waals surface area contributed by atoms with Crippen LogP contribution in [0.25, 0.3) is 0 Å². The van der Waals surface area contributed by atoms with E-state index in [1.165, 1.54) is 12.3 Å². The van der Waals surface area contributed by atoms with Gasteiger partial charge in [0.1, 0.15) is 5.82 Å². The summed E-state index contributed by atoms with van der Waals surface area (Å²) in [7, 11) is 0. The minimum Gasteiger partial charge on any atom is -0.397 e. The van der Waals surface area contributed by atoms with E-state index in [4.69, 9.17) is 11.5 Å². The molecule has 2 amide bonds. The third-order valence-corrected chi connectivity index (χ3v) is 2.00. The zero-order chi connectivity index (χ0) is 12.8. The third-order valence-electron chi connectivity index (χ3n) is 2.00. The lowest BCUT2D eigenvalue weighted by atomic mass is 10.2. The van der Waals surface area contributed by atoms with Crippen molar-refractivity contribution in [2.75, 3.05) is 24.1 Å². The molecule has 17 heavy (non-hydrogen) atoms. The van der Waals surface area contributed by atoms with Gasteiger partial charge in [0.2, 0.25) is 5.91 Å². The van der Waals surface area contributed by atoms with E-state index < -0.39 is 5.91 Å². The maximum atomic E-state index is 11.2. The first kappa shape index (κ1) is 12.8. The van der Waals surface area contributed by atoms with Gasteiger partial charge in [0.05, 0.1) is 24.0 Å². The van der Waals surface area contributed by atoms with Crippen LogP contribution in [0.5, 0.6) is 0 Å². The largest absolute Gasteiger partial charge is 0.397 e. The SMILES string of the molecule is CCNC(=O)CNc1cc(C(N)=O)c(N)cn1. The molecule has 1 rings (SSSR count). The molecular formula is C10H15N5O2. The first-order valence-corrected chi connectivity index (χ1v) is 5.10. The summed E-state index contributed by atoms with van der Waals surface area (Å²) in [6.45, 7) is 2.45. The Morgan fingerprint density at radius 2 is 2.18 bits per heavy atom. The highest BCUT2D eigenvalue weighted by Gasteiger charge is 2.08. The van der Waals surface area contributed by atoms with Gasteiger partial charge in [0, 0.05) is 6.54 Å². The highest BCUT2D eigenvalue weighted by molar-refractivity contribution is 5.98. The number of likely N-dealkylation sites (N-methyl/N-ethyl adjacent to an activating group) is 1. The summed E-state index contributed by atoms with van der Waals surface area (Å²) in [6, 6.07) is 1.41. The quantitative estimate of drug-likeness (QED) is 0.539. The Morgan fingerprint density at radius 1 is 1.47 bits per heavy atom. The Kier molecular flexibility index (Phi) is 4.27. The molecule has 92 valence electrons. The van der Waals surface area contributed by atoms with Crippen LogP contribution in [0, 0.1) is 0 Å². The molecule has 0 spiro atoms. The molecule has 6 N–H and O–H groups in total. The Bertz CT molecular complexity index is 433. The normalized spacial score (nSPS) is 9.71. The summed E-state index contributed by atoms with van der Waals surface area (Å²) in [5.41, 5.74) is 11.0. The molecule has 0 atom stereocenters. The Morgan fingerprint density at radius 3 is 2.76 bits per heavy atom. The van der Waals surface area contributed by atoms with E-state index in [1.54, 1.807) is 0 Å². The molecular weight excluding hydrogens is 222 g/mol. The lowest BCUT2D eigenvalue weighted by Gasteiger charge is -2.07. The zero-order valence-corrected chi connectivity index (χ0v) is 9.49. The van der Waals surface area contributed by atoms with Crippen molar-refractivity contribution in [3.63, 3.8) is 0 Å². The van der Waals surface area contributed by atoms with Crippen molar-refractivity contribution in [3.8, 4) is 0 Å². The van der Waals surface area contributed by atoms with Gasteiger partial charge in [-0.05, 0) is 13.0 Å². The fourth-order valence-electron chi connectivity index (χ4n) is 1.21. The van der Waals surface area contributed by atoms with Crippen molar-refractivity contribution >= 4 is 23.3 Å². The lowest BCUT2D eigenvalue weighted by Crippen LogP contribution is -2.29. The van der Waals surface area contributed by atoms with Crippen LogP contribution in [0.2, 0.25) is 0 Å². The molecule has 0 aliphatic rings. The second-order valence-electron chi connectivity index (χ2n) is 3.33.